The Hall–Kier alpha value is -3.31. The van der Waals surface area contributed by atoms with Crippen LogP contribution in [0, 0.1) is 20.8 Å². The first-order chi connectivity index (χ1) is 16.9. The molecule has 1 saturated heterocycles. The van der Waals surface area contributed by atoms with Gasteiger partial charge in [-0.25, -0.2) is 4.98 Å². The zero-order valence-corrected chi connectivity index (χ0v) is 21.2. The molecule has 2 heterocycles. The number of aryl methyl sites for hydroxylation is 3. The van der Waals surface area contributed by atoms with Crippen LogP contribution in [0.2, 0.25) is 5.02 Å². The SMILES string of the molecule is Cc1cc(OCCCn2c(C3CC(=O)N(c4cccc(C)c4C)C3)nc3ccccc32)ccc1Cl. The highest BCUT2D eigenvalue weighted by atomic mass is 35.5. The number of carbonyl (C=O) groups is 1. The molecule has 180 valence electrons. The molecule has 0 N–H and O–H groups in total. The van der Waals surface area contributed by atoms with Crippen LogP contribution in [0.4, 0.5) is 5.69 Å². The van der Waals surface area contributed by atoms with E-state index >= 15 is 0 Å². The number of anilines is 1. The first-order valence-corrected chi connectivity index (χ1v) is 12.5. The summed E-state index contributed by atoms with van der Waals surface area (Å²) in [7, 11) is 0. The van der Waals surface area contributed by atoms with Crippen LogP contribution in [-0.2, 0) is 11.3 Å². The molecule has 0 bridgehead atoms. The standard InChI is InChI=1S/C29H30ClN3O2/c1-19-8-6-11-26(21(19)3)33-18-22(17-28(33)34)29-31-25-9-4-5-10-27(25)32(29)14-7-15-35-23-12-13-24(30)20(2)16-23/h4-6,8-13,16,22H,7,14-15,17-18H2,1-3H3. The molecule has 6 heteroatoms. The van der Waals surface area contributed by atoms with Gasteiger partial charge in [0.25, 0.3) is 0 Å². The van der Waals surface area contributed by atoms with E-state index in [0.29, 0.717) is 19.6 Å². The Bertz CT molecular complexity index is 1390. The Balaban J connectivity index is 1.35. The van der Waals surface area contributed by atoms with Crippen molar-refractivity contribution in [1.82, 2.24) is 9.55 Å². The molecule has 1 fully saturated rings. The normalized spacial score (nSPS) is 15.8. The van der Waals surface area contributed by atoms with Gasteiger partial charge in [-0.15, -0.1) is 0 Å². The van der Waals surface area contributed by atoms with Crippen molar-refractivity contribution < 1.29 is 9.53 Å². The number of rotatable bonds is 7. The molecular formula is C29H30ClN3O2. The van der Waals surface area contributed by atoms with Crippen LogP contribution < -0.4 is 9.64 Å². The maximum atomic E-state index is 13.1. The fourth-order valence-electron chi connectivity index (χ4n) is 4.90. The number of para-hydroxylation sites is 2. The Morgan fingerprint density at radius 3 is 2.69 bits per heavy atom. The first kappa shape index (κ1) is 23.4. The number of benzene rings is 3. The molecular weight excluding hydrogens is 458 g/mol. The number of hydrogen-bond acceptors (Lipinski definition) is 3. The second-order valence-corrected chi connectivity index (χ2v) is 9.75. The fraction of sp³-hybridized carbons (Fsp3) is 0.310. The second-order valence-electron chi connectivity index (χ2n) is 9.35. The molecule has 4 aromatic rings. The number of nitrogens with zero attached hydrogens (tertiary/aromatic N) is 3. The Labute approximate surface area is 211 Å². The van der Waals surface area contributed by atoms with E-state index < -0.39 is 0 Å². The first-order valence-electron chi connectivity index (χ1n) is 12.1. The van der Waals surface area contributed by atoms with E-state index in [-0.39, 0.29) is 11.8 Å². The number of hydrogen-bond donors (Lipinski definition) is 0. The quantitative estimate of drug-likeness (QED) is 0.276. The van der Waals surface area contributed by atoms with Gasteiger partial charge in [-0.05, 0) is 80.3 Å². The van der Waals surface area contributed by atoms with Crippen LogP contribution in [-0.4, -0.2) is 28.6 Å². The van der Waals surface area contributed by atoms with Gasteiger partial charge in [-0.3, -0.25) is 4.79 Å². The van der Waals surface area contributed by atoms with Gasteiger partial charge >= 0.3 is 0 Å². The molecule has 0 aliphatic carbocycles. The molecule has 5 nitrogen and oxygen atoms in total. The number of imidazole rings is 1. The molecule has 1 atom stereocenters. The minimum atomic E-state index is 0.0506. The maximum absolute atomic E-state index is 13.1. The Kier molecular flexibility index (Phi) is 6.52. The molecule has 1 aliphatic rings. The third-order valence-electron chi connectivity index (χ3n) is 6.97. The molecule has 0 spiro atoms. The molecule has 5 rings (SSSR count). The van der Waals surface area contributed by atoms with Crippen molar-refractivity contribution in [2.45, 2.75) is 46.1 Å². The topological polar surface area (TPSA) is 47.4 Å². The van der Waals surface area contributed by atoms with Gasteiger partial charge < -0.3 is 14.2 Å². The van der Waals surface area contributed by atoms with Crippen LogP contribution in [0.3, 0.4) is 0 Å². The van der Waals surface area contributed by atoms with Crippen LogP contribution >= 0.6 is 11.6 Å². The average molecular weight is 488 g/mol. The van der Waals surface area contributed by atoms with E-state index in [1.165, 1.54) is 5.56 Å². The van der Waals surface area contributed by atoms with Crippen molar-refractivity contribution >= 4 is 34.2 Å². The van der Waals surface area contributed by atoms with Crippen molar-refractivity contribution in [3.8, 4) is 5.75 Å². The molecule has 1 aromatic heterocycles. The monoisotopic (exact) mass is 487 g/mol. The molecule has 1 amide bonds. The minimum absolute atomic E-state index is 0.0506. The average Bonchev–Trinajstić information content (AvgIpc) is 3.41. The smallest absolute Gasteiger partial charge is 0.227 e. The summed E-state index contributed by atoms with van der Waals surface area (Å²) >= 11 is 6.13. The van der Waals surface area contributed by atoms with Crippen molar-refractivity contribution in [2.24, 2.45) is 0 Å². The summed E-state index contributed by atoms with van der Waals surface area (Å²) in [4.78, 5) is 20.0. The van der Waals surface area contributed by atoms with E-state index in [1.54, 1.807) is 0 Å². The lowest BCUT2D eigenvalue weighted by atomic mass is 10.1. The van der Waals surface area contributed by atoms with Gasteiger partial charge in [0.05, 0.1) is 17.6 Å². The Morgan fingerprint density at radius 1 is 1.03 bits per heavy atom. The van der Waals surface area contributed by atoms with Gasteiger partial charge in [-0.1, -0.05) is 35.9 Å². The highest BCUT2D eigenvalue weighted by Gasteiger charge is 2.35. The largest absolute Gasteiger partial charge is 0.494 e. The summed E-state index contributed by atoms with van der Waals surface area (Å²) in [6, 6.07) is 20.1. The van der Waals surface area contributed by atoms with Crippen LogP contribution in [0.5, 0.6) is 5.75 Å². The van der Waals surface area contributed by atoms with Crippen LogP contribution in [0.15, 0.2) is 60.7 Å². The summed E-state index contributed by atoms with van der Waals surface area (Å²) in [6.45, 7) is 8.16. The van der Waals surface area contributed by atoms with E-state index in [9.17, 15) is 4.79 Å². The fourth-order valence-corrected chi connectivity index (χ4v) is 5.02. The van der Waals surface area contributed by atoms with E-state index in [0.717, 1.165) is 57.4 Å². The van der Waals surface area contributed by atoms with Crippen molar-refractivity contribution in [1.29, 1.82) is 0 Å². The maximum Gasteiger partial charge on any atom is 0.227 e. The van der Waals surface area contributed by atoms with E-state index in [4.69, 9.17) is 21.3 Å². The summed E-state index contributed by atoms with van der Waals surface area (Å²) in [6.07, 6.45) is 1.30. The van der Waals surface area contributed by atoms with Gasteiger partial charge in [0.15, 0.2) is 0 Å². The molecule has 1 aliphatic heterocycles. The predicted octanol–water partition coefficient (Wildman–Crippen LogP) is 6.60. The van der Waals surface area contributed by atoms with Gasteiger partial charge in [-0.2, -0.15) is 0 Å². The lowest BCUT2D eigenvalue weighted by Crippen LogP contribution is -2.25. The molecule has 3 aromatic carbocycles. The summed E-state index contributed by atoms with van der Waals surface area (Å²) in [5, 5.41) is 0.743. The van der Waals surface area contributed by atoms with E-state index in [1.807, 2.05) is 60.4 Å². The van der Waals surface area contributed by atoms with Gasteiger partial charge in [0.1, 0.15) is 11.6 Å². The van der Waals surface area contributed by atoms with Gasteiger partial charge in [0.2, 0.25) is 5.91 Å². The van der Waals surface area contributed by atoms with Crippen LogP contribution in [0.1, 0.15) is 41.3 Å². The lowest BCUT2D eigenvalue weighted by Gasteiger charge is -2.20. The number of ether oxygens (including phenoxy) is 1. The molecule has 1 unspecified atom stereocenters. The predicted molar refractivity (Wildman–Crippen MR) is 142 cm³/mol. The van der Waals surface area contributed by atoms with E-state index in [2.05, 4.69) is 30.5 Å². The Morgan fingerprint density at radius 2 is 1.86 bits per heavy atom. The zero-order chi connectivity index (χ0) is 24.5. The lowest BCUT2D eigenvalue weighted by molar-refractivity contribution is -0.117. The third-order valence-corrected chi connectivity index (χ3v) is 7.39. The summed E-state index contributed by atoms with van der Waals surface area (Å²) < 4.78 is 8.25. The minimum Gasteiger partial charge on any atom is -0.494 e. The summed E-state index contributed by atoms with van der Waals surface area (Å²) in [5.74, 6) is 2.02. The number of halogens is 1. The highest BCUT2D eigenvalue weighted by Crippen LogP contribution is 2.35. The number of carbonyl (C=O) groups excluding carboxylic acids is 1. The van der Waals surface area contributed by atoms with Crippen LogP contribution in [0.25, 0.3) is 11.0 Å². The van der Waals surface area contributed by atoms with Crippen molar-refractivity contribution in [3.63, 3.8) is 0 Å². The zero-order valence-electron chi connectivity index (χ0n) is 20.4. The summed E-state index contributed by atoms with van der Waals surface area (Å²) in [5.41, 5.74) is 6.43. The molecule has 0 saturated carbocycles. The molecule has 0 radical (unpaired) electrons. The van der Waals surface area contributed by atoms with Crippen molar-refractivity contribution in [2.75, 3.05) is 18.1 Å². The second kappa shape index (κ2) is 9.74. The number of fused-ring (bicyclic) bond motifs is 1. The number of aromatic nitrogens is 2. The van der Waals surface area contributed by atoms with Gasteiger partial charge in [0, 0.05) is 36.1 Å². The molecule has 35 heavy (non-hydrogen) atoms. The highest BCUT2D eigenvalue weighted by molar-refractivity contribution is 6.31. The van der Waals surface area contributed by atoms with Crippen molar-refractivity contribution in [3.05, 3.63) is 88.2 Å². The third kappa shape index (κ3) is 4.65. The number of amides is 1.